The number of Topliss-reactive ketones (excluding diaryl/α,β-unsaturated/α-hetero) is 1. The minimum atomic E-state index is -0.249. The molecule has 2 fully saturated rings. The van der Waals surface area contributed by atoms with Gasteiger partial charge in [-0.2, -0.15) is 17.0 Å². The number of thioether (sulfide) groups is 1. The molecule has 2 rings (SSSR count). The van der Waals surface area contributed by atoms with Crippen LogP contribution in [0.4, 0.5) is 0 Å². The highest BCUT2D eigenvalue weighted by atomic mass is 32.2. The summed E-state index contributed by atoms with van der Waals surface area (Å²) in [7, 11) is 0. The van der Waals surface area contributed by atoms with Gasteiger partial charge in [0.05, 0.1) is 11.5 Å². The van der Waals surface area contributed by atoms with Gasteiger partial charge in [0.25, 0.3) is 0 Å². The third kappa shape index (κ3) is 1.06. The van der Waals surface area contributed by atoms with Crippen LogP contribution in [0.2, 0.25) is 0 Å². The van der Waals surface area contributed by atoms with E-state index in [9.17, 15) is 4.79 Å². The molecule has 0 aromatic heterocycles. The molecule has 1 saturated heterocycles. The maximum absolute atomic E-state index is 10.9. The molecule has 1 aliphatic heterocycles. The van der Waals surface area contributed by atoms with Crippen molar-refractivity contribution in [1.82, 2.24) is 0 Å². The Bertz CT molecular complexity index is 242. The van der Waals surface area contributed by atoms with Crippen molar-refractivity contribution in [2.75, 3.05) is 11.5 Å². The van der Waals surface area contributed by atoms with E-state index < -0.39 is 0 Å². The van der Waals surface area contributed by atoms with E-state index in [2.05, 4.69) is 6.07 Å². The first-order chi connectivity index (χ1) is 5.77. The molecule has 1 unspecified atom stereocenters. The predicted octanol–water partition coefficient (Wildman–Crippen LogP) is 1.61. The molecule has 1 atom stereocenters. The zero-order chi connectivity index (χ0) is 8.60. The molecule has 0 aromatic carbocycles. The number of rotatable bonds is 1. The van der Waals surface area contributed by atoms with Crippen LogP contribution in [-0.4, -0.2) is 17.3 Å². The third-order valence-corrected chi connectivity index (χ3v) is 4.12. The van der Waals surface area contributed by atoms with Gasteiger partial charge in [-0.1, -0.05) is 0 Å². The topological polar surface area (TPSA) is 40.9 Å². The molecule has 64 valence electrons. The second-order valence-electron chi connectivity index (χ2n) is 3.72. The molecule has 1 heterocycles. The highest BCUT2D eigenvalue weighted by Gasteiger charge is 2.50. The molecule has 0 aromatic rings. The minimum Gasteiger partial charge on any atom is -0.300 e. The quantitative estimate of drug-likeness (QED) is 0.617. The standard InChI is InChI=1S/C9H11NOS/c10-6-9(3-8(11)4-9)7-1-2-12-5-7/h7H,1-5H2. The van der Waals surface area contributed by atoms with E-state index in [0.29, 0.717) is 18.8 Å². The molecular formula is C9H11NOS. The molecule has 2 aliphatic rings. The SMILES string of the molecule is N#CC1(C2CCSC2)CC(=O)C1. The van der Waals surface area contributed by atoms with Crippen LogP contribution in [0.25, 0.3) is 0 Å². The lowest BCUT2D eigenvalue weighted by molar-refractivity contribution is -0.131. The number of hydrogen-bond donors (Lipinski definition) is 0. The summed E-state index contributed by atoms with van der Waals surface area (Å²) in [6.07, 6.45) is 2.18. The van der Waals surface area contributed by atoms with Crippen molar-refractivity contribution in [3.8, 4) is 6.07 Å². The number of nitriles is 1. The molecule has 0 radical (unpaired) electrons. The molecule has 0 amide bonds. The van der Waals surface area contributed by atoms with E-state index in [1.165, 1.54) is 5.75 Å². The van der Waals surface area contributed by atoms with Gasteiger partial charge in [0.1, 0.15) is 5.78 Å². The van der Waals surface area contributed by atoms with E-state index in [0.717, 1.165) is 12.2 Å². The molecule has 1 saturated carbocycles. The van der Waals surface area contributed by atoms with Crippen LogP contribution in [0.15, 0.2) is 0 Å². The Kier molecular flexibility index (Phi) is 1.88. The van der Waals surface area contributed by atoms with Gasteiger partial charge in [-0.05, 0) is 23.8 Å². The number of ketones is 1. The third-order valence-electron chi connectivity index (χ3n) is 2.96. The van der Waals surface area contributed by atoms with Gasteiger partial charge in [-0.3, -0.25) is 4.79 Å². The maximum atomic E-state index is 10.9. The number of hydrogen-bond acceptors (Lipinski definition) is 3. The molecule has 2 nitrogen and oxygen atoms in total. The van der Waals surface area contributed by atoms with Crippen LogP contribution in [0.5, 0.6) is 0 Å². The van der Waals surface area contributed by atoms with Crippen molar-refractivity contribution in [2.24, 2.45) is 11.3 Å². The van der Waals surface area contributed by atoms with E-state index in [1.54, 1.807) is 0 Å². The molecule has 3 heteroatoms. The van der Waals surface area contributed by atoms with Crippen LogP contribution >= 0.6 is 11.8 Å². The second kappa shape index (κ2) is 2.77. The fourth-order valence-corrected chi connectivity index (χ4v) is 3.47. The Labute approximate surface area is 76.3 Å². The summed E-state index contributed by atoms with van der Waals surface area (Å²) in [5.74, 6) is 3.02. The Hall–Kier alpha value is -0.490. The van der Waals surface area contributed by atoms with Crippen molar-refractivity contribution < 1.29 is 4.79 Å². The maximum Gasteiger partial charge on any atom is 0.136 e. The van der Waals surface area contributed by atoms with Gasteiger partial charge in [0.2, 0.25) is 0 Å². The Morgan fingerprint density at radius 3 is 2.75 bits per heavy atom. The summed E-state index contributed by atoms with van der Waals surface area (Å²) < 4.78 is 0. The average Bonchev–Trinajstić information content (AvgIpc) is 2.50. The zero-order valence-corrected chi connectivity index (χ0v) is 7.69. The monoisotopic (exact) mass is 181 g/mol. The van der Waals surface area contributed by atoms with Crippen molar-refractivity contribution in [3.63, 3.8) is 0 Å². The fraction of sp³-hybridized carbons (Fsp3) is 0.778. The van der Waals surface area contributed by atoms with Crippen LogP contribution in [0.1, 0.15) is 19.3 Å². The molecule has 12 heavy (non-hydrogen) atoms. The van der Waals surface area contributed by atoms with Crippen molar-refractivity contribution in [1.29, 1.82) is 5.26 Å². The van der Waals surface area contributed by atoms with Gasteiger partial charge >= 0.3 is 0 Å². The highest BCUT2D eigenvalue weighted by Crippen LogP contribution is 2.49. The van der Waals surface area contributed by atoms with Gasteiger partial charge in [0, 0.05) is 12.8 Å². The first-order valence-corrected chi connectivity index (χ1v) is 5.43. The zero-order valence-electron chi connectivity index (χ0n) is 6.88. The number of nitrogens with zero attached hydrogens (tertiary/aromatic N) is 1. The average molecular weight is 181 g/mol. The van der Waals surface area contributed by atoms with Crippen LogP contribution in [0.3, 0.4) is 0 Å². The Balaban J connectivity index is 2.09. The second-order valence-corrected chi connectivity index (χ2v) is 4.87. The number of carbonyl (C=O) groups excluding carboxylic acids is 1. The summed E-state index contributed by atoms with van der Waals surface area (Å²) in [5.41, 5.74) is -0.249. The van der Waals surface area contributed by atoms with Gasteiger partial charge in [-0.15, -0.1) is 0 Å². The summed E-state index contributed by atoms with van der Waals surface area (Å²) in [6, 6.07) is 2.35. The van der Waals surface area contributed by atoms with Gasteiger partial charge < -0.3 is 0 Å². The van der Waals surface area contributed by atoms with Gasteiger partial charge in [-0.25, -0.2) is 0 Å². The normalized spacial score (nSPS) is 32.6. The van der Waals surface area contributed by atoms with Crippen molar-refractivity contribution in [2.45, 2.75) is 19.3 Å². The van der Waals surface area contributed by atoms with Crippen molar-refractivity contribution in [3.05, 3.63) is 0 Å². The fourth-order valence-electron chi connectivity index (χ4n) is 2.08. The van der Waals surface area contributed by atoms with E-state index in [-0.39, 0.29) is 11.2 Å². The van der Waals surface area contributed by atoms with Gasteiger partial charge in [0.15, 0.2) is 0 Å². The van der Waals surface area contributed by atoms with Crippen LogP contribution in [0, 0.1) is 22.7 Å². The van der Waals surface area contributed by atoms with Crippen molar-refractivity contribution >= 4 is 17.5 Å². The minimum absolute atomic E-state index is 0.249. The predicted molar refractivity (Wildman–Crippen MR) is 47.7 cm³/mol. The van der Waals surface area contributed by atoms with Crippen LogP contribution in [-0.2, 0) is 4.79 Å². The summed E-state index contributed by atoms with van der Waals surface area (Å²) in [5, 5.41) is 9.00. The lowest BCUT2D eigenvalue weighted by Crippen LogP contribution is -2.42. The first kappa shape index (κ1) is 8.12. The summed E-state index contributed by atoms with van der Waals surface area (Å²) >= 11 is 1.91. The van der Waals surface area contributed by atoms with E-state index in [4.69, 9.17) is 5.26 Å². The van der Waals surface area contributed by atoms with Crippen LogP contribution < -0.4 is 0 Å². The van der Waals surface area contributed by atoms with E-state index in [1.807, 2.05) is 11.8 Å². The molecule has 1 aliphatic carbocycles. The van der Waals surface area contributed by atoms with E-state index >= 15 is 0 Å². The lowest BCUT2D eigenvalue weighted by atomic mass is 9.61. The molecule has 0 N–H and O–H groups in total. The number of carbonyl (C=O) groups is 1. The molecular weight excluding hydrogens is 170 g/mol. The first-order valence-electron chi connectivity index (χ1n) is 4.27. The lowest BCUT2D eigenvalue weighted by Gasteiger charge is -2.38. The highest BCUT2D eigenvalue weighted by molar-refractivity contribution is 7.99. The Morgan fingerprint density at radius 2 is 2.33 bits per heavy atom. The summed E-state index contributed by atoms with van der Waals surface area (Å²) in [6.45, 7) is 0. The molecule has 0 bridgehead atoms. The Morgan fingerprint density at radius 1 is 1.58 bits per heavy atom. The smallest absolute Gasteiger partial charge is 0.136 e. The summed E-state index contributed by atoms with van der Waals surface area (Å²) in [4.78, 5) is 10.9. The largest absolute Gasteiger partial charge is 0.300 e. The molecule has 0 spiro atoms.